The van der Waals surface area contributed by atoms with Crippen molar-refractivity contribution in [2.75, 3.05) is 6.61 Å². The number of carbonyl (C=O) groups excluding carboxylic acids is 2. The minimum atomic E-state index is -0.848. The molecule has 7 heteroatoms. The van der Waals surface area contributed by atoms with E-state index in [0.717, 1.165) is 5.56 Å². The number of nitrogens with two attached hydrogens (primary N) is 2. The lowest BCUT2D eigenvalue weighted by Crippen LogP contribution is -2.54. The van der Waals surface area contributed by atoms with Crippen LogP contribution in [0.3, 0.4) is 0 Å². The number of ether oxygens (including phenoxy) is 1. The topological polar surface area (TPSA) is 119 Å². The van der Waals surface area contributed by atoms with Gasteiger partial charge in [-0.25, -0.2) is 5.84 Å². The highest BCUT2D eigenvalue weighted by Crippen LogP contribution is 2.05. The summed E-state index contributed by atoms with van der Waals surface area (Å²) in [6.07, 6.45) is 0.479. The molecule has 0 saturated heterocycles. The van der Waals surface area contributed by atoms with Crippen LogP contribution in [-0.2, 0) is 20.9 Å². The summed E-state index contributed by atoms with van der Waals surface area (Å²) in [6.45, 7) is 4.34. The Bertz CT molecular complexity index is 493. The summed E-state index contributed by atoms with van der Waals surface area (Å²) in [4.78, 5) is 23.7. The van der Waals surface area contributed by atoms with Gasteiger partial charge >= 0.3 is 0 Å². The first-order chi connectivity index (χ1) is 10.9. The first kappa shape index (κ1) is 19.1. The lowest BCUT2D eigenvalue weighted by molar-refractivity contribution is -0.130. The van der Waals surface area contributed by atoms with Gasteiger partial charge in [-0.2, -0.15) is 0 Å². The first-order valence-electron chi connectivity index (χ1n) is 7.62. The summed E-state index contributed by atoms with van der Waals surface area (Å²) >= 11 is 0. The Morgan fingerprint density at radius 3 is 2.39 bits per heavy atom. The highest BCUT2D eigenvalue weighted by Gasteiger charge is 2.24. The maximum Gasteiger partial charge on any atom is 0.256 e. The Balaban J connectivity index is 2.43. The van der Waals surface area contributed by atoms with Crippen molar-refractivity contribution >= 4 is 11.8 Å². The molecule has 7 nitrogen and oxygen atoms in total. The molecule has 0 fully saturated rings. The third-order valence-electron chi connectivity index (χ3n) is 3.23. The molecule has 0 spiro atoms. The third kappa shape index (κ3) is 7.23. The molecular weight excluding hydrogens is 296 g/mol. The second-order valence-corrected chi connectivity index (χ2v) is 5.81. The molecule has 0 heterocycles. The average Bonchev–Trinajstić information content (AvgIpc) is 2.53. The van der Waals surface area contributed by atoms with Crippen LogP contribution in [0.1, 0.15) is 25.8 Å². The summed E-state index contributed by atoms with van der Waals surface area (Å²) in [5.41, 5.74) is 8.86. The van der Waals surface area contributed by atoms with E-state index in [0.29, 0.717) is 13.0 Å². The Morgan fingerprint density at radius 2 is 1.83 bits per heavy atom. The van der Waals surface area contributed by atoms with Crippen molar-refractivity contribution in [3.05, 3.63) is 35.9 Å². The van der Waals surface area contributed by atoms with E-state index in [-0.39, 0.29) is 12.5 Å². The minimum Gasteiger partial charge on any atom is -0.375 e. The number of hydrogen-bond acceptors (Lipinski definition) is 5. The van der Waals surface area contributed by atoms with Crippen LogP contribution in [0, 0.1) is 5.92 Å². The van der Waals surface area contributed by atoms with Gasteiger partial charge in [-0.15, -0.1) is 0 Å². The van der Waals surface area contributed by atoms with E-state index in [2.05, 4.69) is 10.7 Å². The predicted octanol–water partition coefficient (Wildman–Crippen LogP) is 0.0513. The van der Waals surface area contributed by atoms with Gasteiger partial charge in [0.05, 0.1) is 13.2 Å². The summed E-state index contributed by atoms with van der Waals surface area (Å²) in [7, 11) is 0. The average molecular weight is 322 g/mol. The second kappa shape index (κ2) is 9.94. The molecular formula is C16H26N4O3. The molecule has 1 aromatic rings. The molecule has 0 radical (unpaired) electrons. The van der Waals surface area contributed by atoms with Gasteiger partial charge in [0.15, 0.2) is 0 Å². The number of amides is 2. The monoisotopic (exact) mass is 322 g/mol. The van der Waals surface area contributed by atoms with Crippen molar-refractivity contribution in [1.82, 2.24) is 10.7 Å². The van der Waals surface area contributed by atoms with Crippen molar-refractivity contribution in [2.24, 2.45) is 17.5 Å². The lowest BCUT2D eigenvalue weighted by Gasteiger charge is -2.21. The number of nitrogens with one attached hydrogen (secondary N) is 2. The molecule has 0 aliphatic rings. The molecule has 0 aliphatic heterocycles. The van der Waals surface area contributed by atoms with Gasteiger partial charge in [0.2, 0.25) is 5.91 Å². The number of rotatable bonds is 9. The normalized spacial score (nSPS) is 13.4. The number of carbonyl (C=O) groups is 2. The molecule has 23 heavy (non-hydrogen) atoms. The van der Waals surface area contributed by atoms with Crippen LogP contribution in [0.5, 0.6) is 0 Å². The van der Waals surface area contributed by atoms with Gasteiger partial charge in [0, 0.05) is 0 Å². The molecule has 1 rings (SSSR count). The van der Waals surface area contributed by atoms with E-state index in [1.165, 1.54) is 0 Å². The van der Waals surface area contributed by atoms with Gasteiger partial charge in [0.1, 0.15) is 12.1 Å². The van der Waals surface area contributed by atoms with Gasteiger partial charge in [-0.3, -0.25) is 15.0 Å². The van der Waals surface area contributed by atoms with E-state index < -0.39 is 23.9 Å². The predicted molar refractivity (Wildman–Crippen MR) is 87.8 cm³/mol. The van der Waals surface area contributed by atoms with Gasteiger partial charge in [-0.1, -0.05) is 44.2 Å². The Morgan fingerprint density at radius 1 is 1.17 bits per heavy atom. The van der Waals surface area contributed by atoms with Crippen LogP contribution in [0.4, 0.5) is 0 Å². The first-order valence-corrected chi connectivity index (χ1v) is 7.62. The van der Waals surface area contributed by atoms with E-state index in [4.69, 9.17) is 16.3 Å². The van der Waals surface area contributed by atoms with E-state index in [9.17, 15) is 9.59 Å². The maximum absolute atomic E-state index is 12.1. The van der Waals surface area contributed by atoms with Gasteiger partial charge in [-0.05, 0) is 17.9 Å². The fourth-order valence-corrected chi connectivity index (χ4v) is 2.04. The summed E-state index contributed by atoms with van der Waals surface area (Å²) in [5, 5.41) is 2.61. The fourth-order valence-electron chi connectivity index (χ4n) is 2.04. The lowest BCUT2D eigenvalue weighted by atomic mass is 10.0. The molecule has 0 bridgehead atoms. The maximum atomic E-state index is 12.1. The third-order valence-corrected chi connectivity index (χ3v) is 3.23. The highest BCUT2D eigenvalue weighted by atomic mass is 16.5. The SMILES string of the molecule is CC(C)C[C@H](NC(=O)[C@@H](N)COCc1ccccc1)C(=O)NN. The number of hydrogen-bond donors (Lipinski definition) is 4. The molecule has 0 aromatic heterocycles. The van der Waals surface area contributed by atoms with E-state index in [1.54, 1.807) is 0 Å². The standard InChI is InChI=1S/C16H26N4O3/c1-11(2)8-14(16(22)20-18)19-15(21)13(17)10-23-9-12-6-4-3-5-7-12/h3-7,11,13-14H,8-10,17-18H2,1-2H3,(H,19,21)(H,20,22)/t13-,14-/m0/s1. The molecule has 0 unspecified atom stereocenters. The smallest absolute Gasteiger partial charge is 0.256 e. The van der Waals surface area contributed by atoms with Crippen molar-refractivity contribution in [2.45, 2.75) is 39.0 Å². The molecule has 128 valence electrons. The van der Waals surface area contributed by atoms with Crippen molar-refractivity contribution < 1.29 is 14.3 Å². The highest BCUT2D eigenvalue weighted by molar-refractivity contribution is 5.89. The largest absolute Gasteiger partial charge is 0.375 e. The van der Waals surface area contributed by atoms with Crippen LogP contribution in [0.2, 0.25) is 0 Å². The molecule has 2 amide bonds. The zero-order chi connectivity index (χ0) is 17.2. The van der Waals surface area contributed by atoms with Crippen LogP contribution in [0.15, 0.2) is 30.3 Å². The van der Waals surface area contributed by atoms with Crippen LogP contribution in [-0.4, -0.2) is 30.5 Å². The van der Waals surface area contributed by atoms with Crippen LogP contribution in [0.25, 0.3) is 0 Å². The fraction of sp³-hybridized carbons (Fsp3) is 0.500. The molecule has 2 atom stereocenters. The van der Waals surface area contributed by atoms with Crippen molar-refractivity contribution in [1.29, 1.82) is 0 Å². The van der Waals surface area contributed by atoms with Gasteiger partial charge < -0.3 is 15.8 Å². The Labute approximate surface area is 136 Å². The number of benzene rings is 1. The second-order valence-electron chi connectivity index (χ2n) is 5.81. The summed E-state index contributed by atoms with van der Waals surface area (Å²) in [5.74, 6) is 4.49. The summed E-state index contributed by atoms with van der Waals surface area (Å²) in [6, 6.07) is 8.04. The Kier molecular flexibility index (Phi) is 8.25. The zero-order valence-corrected chi connectivity index (χ0v) is 13.6. The van der Waals surface area contributed by atoms with Crippen LogP contribution < -0.4 is 22.3 Å². The van der Waals surface area contributed by atoms with Crippen LogP contribution >= 0.6 is 0 Å². The molecule has 0 aliphatic carbocycles. The summed E-state index contributed by atoms with van der Waals surface area (Å²) < 4.78 is 5.44. The van der Waals surface area contributed by atoms with E-state index in [1.807, 2.05) is 44.2 Å². The molecule has 1 aromatic carbocycles. The minimum absolute atomic E-state index is 0.0688. The molecule has 6 N–H and O–H groups in total. The van der Waals surface area contributed by atoms with Crippen molar-refractivity contribution in [3.8, 4) is 0 Å². The molecule has 0 saturated carbocycles. The van der Waals surface area contributed by atoms with Crippen molar-refractivity contribution in [3.63, 3.8) is 0 Å². The quantitative estimate of drug-likeness (QED) is 0.291. The Hall–Kier alpha value is -1.96. The van der Waals surface area contributed by atoms with Gasteiger partial charge in [0.25, 0.3) is 5.91 Å². The zero-order valence-electron chi connectivity index (χ0n) is 13.6. The number of hydrazine groups is 1. The van der Waals surface area contributed by atoms with E-state index >= 15 is 0 Å².